The molecule has 2 N–H and O–H groups in total. The van der Waals surface area contributed by atoms with Crippen molar-refractivity contribution in [2.24, 2.45) is 23.5 Å². The van der Waals surface area contributed by atoms with Gasteiger partial charge in [-0.2, -0.15) is 0 Å². The van der Waals surface area contributed by atoms with Crippen LogP contribution in [0.15, 0.2) is 0 Å². The van der Waals surface area contributed by atoms with Crippen LogP contribution in [0.2, 0.25) is 0 Å². The van der Waals surface area contributed by atoms with Gasteiger partial charge in [-0.25, -0.2) is 0 Å². The highest BCUT2D eigenvalue weighted by atomic mass is 16.5. The Bertz CT molecular complexity index is 203. The summed E-state index contributed by atoms with van der Waals surface area (Å²) in [5.41, 5.74) is 5.87. The molecule has 14 heavy (non-hydrogen) atoms. The summed E-state index contributed by atoms with van der Waals surface area (Å²) >= 11 is 0. The molecule has 1 aliphatic carbocycles. The maximum atomic E-state index is 11.5. The minimum atomic E-state index is -0.0844. The lowest BCUT2D eigenvalue weighted by Crippen LogP contribution is -2.39. The maximum Gasteiger partial charge on any atom is 0.309 e. The molecule has 1 aliphatic rings. The summed E-state index contributed by atoms with van der Waals surface area (Å²) in [5, 5.41) is 0. The van der Waals surface area contributed by atoms with Gasteiger partial charge < -0.3 is 10.5 Å². The summed E-state index contributed by atoms with van der Waals surface area (Å²) < 4.78 is 4.82. The number of methoxy groups -OCH3 is 1. The first-order valence-corrected chi connectivity index (χ1v) is 5.39. The van der Waals surface area contributed by atoms with Crippen molar-refractivity contribution in [1.82, 2.24) is 0 Å². The fourth-order valence-corrected chi connectivity index (χ4v) is 2.45. The van der Waals surface area contributed by atoms with Gasteiger partial charge in [0.15, 0.2) is 0 Å². The molecule has 1 saturated carbocycles. The van der Waals surface area contributed by atoms with E-state index in [2.05, 4.69) is 13.8 Å². The SMILES string of the molecule is COC(=O)C1CC(N)CCC1C(C)C. The molecule has 1 fully saturated rings. The average molecular weight is 199 g/mol. The first kappa shape index (κ1) is 11.5. The van der Waals surface area contributed by atoms with E-state index in [-0.39, 0.29) is 17.9 Å². The van der Waals surface area contributed by atoms with E-state index in [0.717, 1.165) is 19.3 Å². The van der Waals surface area contributed by atoms with E-state index in [1.165, 1.54) is 7.11 Å². The average Bonchev–Trinajstić information content (AvgIpc) is 2.16. The Kier molecular flexibility index (Phi) is 3.93. The number of esters is 1. The summed E-state index contributed by atoms with van der Waals surface area (Å²) in [4.78, 5) is 11.5. The van der Waals surface area contributed by atoms with Gasteiger partial charge in [-0.3, -0.25) is 4.79 Å². The highest BCUT2D eigenvalue weighted by molar-refractivity contribution is 5.72. The molecule has 0 heterocycles. The number of carbonyl (C=O) groups excluding carboxylic acids is 1. The normalized spacial score (nSPS) is 33.1. The predicted octanol–water partition coefficient (Wildman–Crippen LogP) is 1.56. The third-order valence-electron chi connectivity index (χ3n) is 3.30. The summed E-state index contributed by atoms with van der Waals surface area (Å²) in [6.45, 7) is 4.33. The molecule has 1 rings (SSSR count). The van der Waals surface area contributed by atoms with Crippen molar-refractivity contribution in [3.05, 3.63) is 0 Å². The van der Waals surface area contributed by atoms with E-state index in [0.29, 0.717) is 11.8 Å². The molecule has 3 unspecified atom stereocenters. The molecule has 0 aliphatic heterocycles. The summed E-state index contributed by atoms with van der Waals surface area (Å²) in [6.07, 6.45) is 2.88. The quantitative estimate of drug-likeness (QED) is 0.687. The molecule has 3 atom stereocenters. The molecule has 0 aromatic heterocycles. The third kappa shape index (κ3) is 2.47. The van der Waals surface area contributed by atoms with Gasteiger partial charge in [0, 0.05) is 6.04 Å². The van der Waals surface area contributed by atoms with Crippen LogP contribution in [0.1, 0.15) is 33.1 Å². The Labute approximate surface area is 86.0 Å². The fraction of sp³-hybridized carbons (Fsp3) is 0.909. The largest absolute Gasteiger partial charge is 0.469 e. The van der Waals surface area contributed by atoms with Crippen molar-refractivity contribution in [1.29, 1.82) is 0 Å². The van der Waals surface area contributed by atoms with Crippen molar-refractivity contribution in [3.8, 4) is 0 Å². The number of hydrogen-bond acceptors (Lipinski definition) is 3. The monoisotopic (exact) mass is 199 g/mol. The summed E-state index contributed by atoms with van der Waals surface area (Å²) in [5.74, 6) is 0.913. The Morgan fingerprint density at radius 3 is 2.57 bits per heavy atom. The van der Waals surface area contributed by atoms with E-state index in [1.54, 1.807) is 0 Å². The molecule has 0 aromatic rings. The van der Waals surface area contributed by atoms with Crippen molar-refractivity contribution in [3.63, 3.8) is 0 Å². The molecule has 0 spiro atoms. The summed E-state index contributed by atoms with van der Waals surface area (Å²) in [7, 11) is 1.46. The number of hydrogen-bond donors (Lipinski definition) is 1. The minimum Gasteiger partial charge on any atom is -0.469 e. The third-order valence-corrected chi connectivity index (χ3v) is 3.30. The van der Waals surface area contributed by atoms with Gasteiger partial charge >= 0.3 is 5.97 Å². The van der Waals surface area contributed by atoms with E-state index >= 15 is 0 Å². The Balaban J connectivity index is 2.68. The number of carbonyl (C=O) groups is 1. The van der Waals surface area contributed by atoms with Gasteiger partial charge in [0.05, 0.1) is 13.0 Å². The van der Waals surface area contributed by atoms with Crippen LogP contribution in [-0.4, -0.2) is 19.1 Å². The lowest BCUT2D eigenvalue weighted by Gasteiger charge is -2.35. The maximum absolute atomic E-state index is 11.5. The van der Waals surface area contributed by atoms with Crippen molar-refractivity contribution in [2.75, 3.05) is 7.11 Å². The van der Waals surface area contributed by atoms with Crippen LogP contribution in [0.3, 0.4) is 0 Å². The van der Waals surface area contributed by atoms with Gasteiger partial charge in [-0.05, 0) is 31.1 Å². The van der Waals surface area contributed by atoms with Gasteiger partial charge in [-0.1, -0.05) is 13.8 Å². The van der Waals surface area contributed by atoms with Crippen LogP contribution in [0.25, 0.3) is 0 Å². The van der Waals surface area contributed by atoms with Crippen molar-refractivity contribution >= 4 is 5.97 Å². The number of nitrogens with two attached hydrogens (primary N) is 1. The lowest BCUT2D eigenvalue weighted by atomic mass is 9.72. The van der Waals surface area contributed by atoms with Crippen LogP contribution in [0.4, 0.5) is 0 Å². The van der Waals surface area contributed by atoms with Crippen LogP contribution in [0.5, 0.6) is 0 Å². The highest BCUT2D eigenvalue weighted by Crippen LogP contribution is 2.35. The number of rotatable bonds is 2. The fourth-order valence-electron chi connectivity index (χ4n) is 2.45. The zero-order chi connectivity index (χ0) is 10.7. The Morgan fingerprint density at radius 1 is 1.43 bits per heavy atom. The molecule has 82 valence electrons. The lowest BCUT2D eigenvalue weighted by molar-refractivity contribution is -0.149. The molecule has 3 heteroatoms. The summed E-state index contributed by atoms with van der Waals surface area (Å²) in [6, 6.07) is 0.175. The van der Waals surface area contributed by atoms with Crippen molar-refractivity contribution < 1.29 is 9.53 Å². The minimum absolute atomic E-state index is 0.0174. The highest BCUT2D eigenvalue weighted by Gasteiger charge is 2.36. The van der Waals surface area contributed by atoms with Crippen LogP contribution < -0.4 is 5.73 Å². The first-order valence-electron chi connectivity index (χ1n) is 5.39. The smallest absolute Gasteiger partial charge is 0.309 e. The second-order valence-corrected chi connectivity index (χ2v) is 4.61. The molecule has 0 saturated heterocycles. The van der Waals surface area contributed by atoms with Crippen LogP contribution in [0, 0.1) is 17.8 Å². The standard InChI is InChI=1S/C11H21NO2/c1-7(2)9-5-4-8(12)6-10(9)11(13)14-3/h7-10H,4-6,12H2,1-3H3. The van der Waals surface area contributed by atoms with Gasteiger partial charge in [-0.15, -0.1) is 0 Å². The second kappa shape index (κ2) is 4.78. The molecular weight excluding hydrogens is 178 g/mol. The molecule has 0 aromatic carbocycles. The molecular formula is C11H21NO2. The van der Waals surface area contributed by atoms with Crippen LogP contribution >= 0.6 is 0 Å². The first-order chi connectivity index (χ1) is 6.56. The van der Waals surface area contributed by atoms with Gasteiger partial charge in [0.2, 0.25) is 0 Å². The Hall–Kier alpha value is -0.570. The molecule has 3 nitrogen and oxygen atoms in total. The van der Waals surface area contributed by atoms with Crippen LogP contribution in [-0.2, 0) is 9.53 Å². The zero-order valence-corrected chi connectivity index (χ0v) is 9.32. The number of ether oxygens (including phenoxy) is 1. The second-order valence-electron chi connectivity index (χ2n) is 4.61. The van der Waals surface area contributed by atoms with E-state index in [1.807, 2.05) is 0 Å². The van der Waals surface area contributed by atoms with E-state index < -0.39 is 0 Å². The van der Waals surface area contributed by atoms with E-state index in [4.69, 9.17) is 10.5 Å². The Morgan fingerprint density at radius 2 is 2.07 bits per heavy atom. The topological polar surface area (TPSA) is 52.3 Å². The molecule has 0 amide bonds. The van der Waals surface area contributed by atoms with Gasteiger partial charge in [0.25, 0.3) is 0 Å². The van der Waals surface area contributed by atoms with Gasteiger partial charge in [0.1, 0.15) is 0 Å². The molecule has 0 radical (unpaired) electrons. The predicted molar refractivity (Wildman–Crippen MR) is 55.7 cm³/mol. The van der Waals surface area contributed by atoms with Crippen molar-refractivity contribution in [2.45, 2.75) is 39.2 Å². The van der Waals surface area contributed by atoms with E-state index in [9.17, 15) is 4.79 Å². The molecule has 0 bridgehead atoms. The zero-order valence-electron chi connectivity index (χ0n) is 9.32.